The third kappa shape index (κ3) is 3.52. The second kappa shape index (κ2) is 6.91. The van der Waals surface area contributed by atoms with Gasteiger partial charge >= 0.3 is 0 Å². The molecular formula is C17H18N6O2. The third-order valence-electron chi connectivity index (χ3n) is 3.50. The van der Waals surface area contributed by atoms with Crippen LogP contribution in [0, 0.1) is 0 Å². The Balaban J connectivity index is 2.15. The zero-order valence-electron chi connectivity index (χ0n) is 13.9. The van der Waals surface area contributed by atoms with E-state index in [9.17, 15) is 0 Å². The van der Waals surface area contributed by atoms with Crippen LogP contribution in [0.25, 0.3) is 5.69 Å². The predicted molar refractivity (Wildman–Crippen MR) is 95.0 cm³/mol. The van der Waals surface area contributed by atoms with E-state index < -0.39 is 0 Å². The molecule has 0 spiro atoms. The van der Waals surface area contributed by atoms with Crippen molar-refractivity contribution in [2.75, 3.05) is 25.7 Å². The highest BCUT2D eigenvalue weighted by Crippen LogP contribution is 2.18. The van der Waals surface area contributed by atoms with Crippen LogP contribution in [0.4, 0.5) is 17.6 Å². The van der Waals surface area contributed by atoms with Gasteiger partial charge in [0.1, 0.15) is 11.5 Å². The molecule has 0 aliphatic rings. The number of methoxy groups -OCH3 is 2. The molecule has 1 heterocycles. The van der Waals surface area contributed by atoms with Gasteiger partial charge in [0.15, 0.2) is 0 Å². The highest BCUT2D eigenvalue weighted by Gasteiger charge is 2.07. The molecule has 0 saturated heterocycles. The number of hydrogen-bond acceptors (Lipinski definition) is 7. The van der Waals surface area contributed by atoms with E-state index in [1.807, 2.05) is 48.5 Å². The summed E-state index contributed by atoms with van der Waals surface area (Å²) < 4.78 is 11.9. The van der Waals surface area contributed by atoms with Crippen molar-refractivity contribution in [3.8, 4) is 17.2 Å². The summed E-state index contributed by atoms with van der Waals surface area (Å²) in [7, 11) is 3.21. The van der Waals surface area contributed by atoms with E-state index in [1.165, 1.54) is 0 Å². The summed E-state index contributed by atoms with van der Waals surface area (Å²) in [4.78, 5) is 12.8. The molecule has 128 valence electrons. The Labute approximate surface area is 144 Å². The third-order valence-corrected chi connectivity index (χ3v) is 3.50. The first-order valence-corrected chi connectivity index (χ1v) is 7.46. The van der Waals surface area contributed by atoms with Crippen LogP contribution in [0.2, 0.25) is 0 Å². The maximum absolute atomic E-state index is 6.04. The van der Waals surface area contributed by atoms with E-state index in [-0.39, 0.29) is 11.9 Å². The number of hydrogen-bond donors (Lipinski definition) is 2. The molecule has 25 heavy (non-hydrogen) atoms. The van der Waals surface area contributed by atoms with Gasteiger partial charge in [-0.3, -0.25) is 0 Å². The zero-order valence-corrected chi connectivity index (χ0v) is 13.9. The van der Waals surface area contributed by atoms with Crippen molar-refractivity contribution in [1.29, 1.82) is 0 Å². The molecule has 0 bridgehead atoms. The number of nitrogen functional groups attached to an aromatic ring is 2. The van der Waals surface area contributed by atoms with Crippen molar-refractivity contribution in [2.24, 2.45) is 4.99 Å². The van der Waals surface area contributed by atoms with Gasteiger partial charge in [-0.1, -0.05) is 0 Å². The van der Waals surface area contributed by atoms with E-state index in [4.69, 9.17) is 20.9 Å². The van der Waals surface area contributed by atoms with Crippen LogP contribution in [0.15, 0.2) is 53.5 Å². The lowest BCUT2D eigenvalue weighted by Gasteiger charge is -2.11. The van der Waals surface area contributed by atoms with Crippen LogP contribution in [0.1, 0.15) is 0 Å². The van der Waals surface area contributed by atoms with Gasteiger partial charge < -0.3 is 20.9 Å². The van der Waals surface area contributed by atoms with Gasteiger partial charge in [0.05, 0.1) is 25.6 Å². The second-order valence-corrected chi connectivity index (χ2v) is 5.08. The van der Waals surface area contributed by atoms with Crippen LogP contribution in [0.5, 0.6) is 11.5 Å². The number of ether oxygens (including phenoxy) is 2. The maximum atomic E-state index is 6.04. The minimum Gasteiger partial charge on any atom is -0.497 e. The number of rotatable bonds is 4. The van der Waals surface area contributed by atoms with Gasteiger partial charge in [0.25, 0.3) is 0 Å². The average molecular weight is 338 g/mol. The van der Waals surface area contributed by atoms with Crippen molar-refractivity contribution < 1.29 is 9.47 Å². The topological polar surface area (TPSA) is 114 Å². The van der Waals surface area contributed by atoms with Gasteiger partial charge in [-0.2, -0.15) is 9.97 Å². The van der Waals surface area contributed by atoms with Gasteiger partial charge in [0, 0.05) is 0 Å². The summed E-state index contributed by atoms with van der Waals surface area (Å²) in [5.41, 5.74) is 13.5. The van der Waals surface area contributed by atoms with Crippen LogP contribution in [0.3, 0.4) is 0 Å². The van der Waals surface area contributed by atoms with Crippen molar-refractivity contribution in [3.05, 3.63) is 54.1 Å². The summed E-state index contributed by atoms with van der Waals surface area (Å²) in [6.07, 6.45) is 0. The lowest BCUT2D eigenvalue weighted by atomic mass is 10.3. The first-order chi connectivity index (χ1) is 12.1. The number of nitrogens with zero attached hydrogens (tertiary/aromatic N) is 4. The summed E-state index contributed by atoms with van der Waals surface area (Å²) in [6, 6.07) is 14.5. The van der Waals surface area contributed by atoms with Crippen molar-refractivity contribution >= 4 is 17.6 Å². The minimum atomic E-state index is 0.0505. The van der Waals surface area contributed by atoms with Gasteiger partial charge in [0.2, 0.25) is 17.5 Å². The second-order valence-electron chi connectivity index (χ2n) is 5.08. The standard InChI is InChI=1S/C17H18N6O2/c1-24-13-7-3-11(4-8-13)20-17-22-15(18)21-16(19)23(17)12-5-9-14(25-2)10-6-12/h3-10H,1-2H3,(H4,18,19,20,21,22). The Kier molecular flexibility index (Phi) is 4.51. The van der Waals surface area contributed by atoms with E-state index >= 15 is 0 Å². The number of aromatic nitrogens is 3. The molecule has 1 aromatic heterocycles. The molecule has 0 unspecified atom stereocenters. The molecular weight excluding hydrogens is 320 g/mol. The maximum Gasteiger partial charge on any atom is 0.240 e. The van der Waals surface area contributed by atoms with Crippen LogP contribution < -0.4 is 26.6 Å². The van der Waals surface area contributed by atoms with Crippen molar-refractivity contribution in [1.82, 2.24) is 14.5 Å². The van der Waals surface area contributed by atoms with E-state index in [1.54, 1.807) is 18.8 Å². The summed E-state index contributed by atoms with van der Waals surface area (Å²) >= 11 is 0. The van der Waals surface area contributed by atoms with Crippen LogP contribution in [-0.2, 0) is 0 Å². The largest absolute Gasteiger partial charge is 0.497 e. The molecule has 0 amide bonds. The summed E-state index contributed by atoms with van der Waals surface area (Å²) in [6.45, 7) is 0. The first kappa shape index (κ1) is 16.3. The highest BCUT2D eigenvalue weighted by molar-refractivity contribution is 5.44. The monoisotopic (exact) mass is 338 g/mol. The molecule has 8 heteroatoms. The van der Waals surface area contributed by atoms with Crippen molar-refractivity contribution in [3.63, 3.8) is 0 Å². The molecule has 4 N–H and O–H groups in total. The van der Waals surface area contributed by atoms with Gasteiger partial charge in [-0.05, 0) is 48.5 Å². The lowest BCUT2D eigenvalue weighted by molar-refractivity contribution is 0.414. The predicted octanol–water partition coefficient (Wildman–Crippen LogP) is 1.68. The molecule has 0 atom stereocenters. The first-order valence-electron chi connectivity index (χ1n) is 7.46. The fourth-order valence-electron chi connectivity index (χ4n) is 2.27. The fraction of sp³-hybridized carbons (Fsp3) is 0.118. The van der Waals surface area contributed by atoms with Crippen LogP contribution >= 0.6 is 0 Å². The summed E-state index contributed by atoms with van der Waals surface area (Å²) in [5, 5.41) is 0. The molecule has 2 aromatic carbocycles. The van der Waals surface area contributed by atoms with Crippen LogP contribution in [-0.4, -0.2) is 28.8 Å². The summed E-state index contributed by atoms with van der Waals surface area (Å²) in [5.74, 6) is 1.70. The van der Waals surface area contributed by atoms with E-state index in [0.717, 1.165) is 17.2 Å². The Morgan fingerprint density at radius 1 is 0.840 bits per heavy atom. The Morgan fingerprint density at radius 3 is 1.96 bits per heavy atom. The van der Waals surface area contributed by atoms with Crippen molar-refractivity contribution in [2.45, 2.75) is 0 Å². The Bertz CT molecular complexity index is 933. The van der Waals surface area contributed by atoms with E-state index in [0.29, 0.717) is 11.3 Å². The molecule has 3 rings (SSSR count). The zero-order chi connectivity index (χ0) is 17.8. The molecule has 0 aliphatic heterocycles. The van der Waals surface area contributed by atoms with Gasteiger partial charge in [-0.25, -0.2) is 9.56 Å². The molecule has 0 aliphatic carbocycles. The molecule has 0 radical (unpaired) electrons. The lowest BCUT2D eigenvalue weighted by Crippen LogP contribution is -2.27. The smallest absolute Gasteiger partial charge is 0.240 e. The quantitative estimate of drug-likeness (QED) is 0.748. The molecule has 0 saturated carbocycles. The molecule has 3 aromatic rings. The van der Waals surface area contributed by atoms with E-state index in [2.05, 4.69) is 15.0 Å². The Hall–Kier alpha value is -3.55. The number of benzene rings is 2. The van der Waals surface area contributed by atoms with Gasteiger partial charge in [-0.15, -0.1) is 0 Å². The normalized spacial score (nSPS) is 11.4. The fourth-order valence-corrected chi connectivity index (χ4v) is 2.27. The number of anilines is 2. The average Bonchev–Trinajstić information content (AvgIpc) is 2.62. The number of nitrogens with two attached hydrogens (primary N) is 2. The molecule has 8 nitrogen and oxygen atoms in total. The SMILES string of the molecule is COc1ccc(N=c2nc(N)nc(N)n2-c2ccc(OC)cc2)cc1. The minimum absolute atomic E-state index is 0.0505. The molecule has 0 fully saturated rings. The highest BCUT2D eigenvalue weighted by atomic mass is 16.5. The Morgan fingerprint density at radius 2 is 1.40 bits per heavy atom.